The zero-order valence-corrected chi connectivity index (χ0v) is 9.35. The van der Waals surface area contributed by atoms with Gasteiger partial charge < -0.3 is 9.84 Å². The molecule has 0 unspecified atom stereocenters. The maximum atomic E-state index is 13.4. The van der Waals surface area contributed by atoms with Crippen LogP contribution < -0.4 is 4.74 Å². The van der Waals surface area contributed by atoms with Crippen LogP contribution in [-0.4, -0.2) is 22.4 Å². The van der Waals surface area contributed by atoms with E-state index in [4.69, 9.17) is 16.7 Å². The van der Waals surface area contributed by atoms with Gasteiger partial charge in [-0.2, -0.15) is 0 Å². The van der Waals surface area contributed by atoms with Crippen LogP contribution in [0, 0.1) is 5.82 Å². The minimum Gasteiger partial charge on any atom is -0.481 e. The van der Waals surface area contributed by atoms with E-state index < -0.39 is 36.3 Å². The second-order valence-corrected chi connectivity index (χ2v) is 3.39. The van der Waals surface area contributed by atoms with E-state index >= 15 is 0 Å². The molecule has 0 aliphatic rings. The second kappa shape index (κ2) is 5.38. The molecule has 1 rings (SSSR count). The summed E-state index contributed by atoms with van der Waals surface area (Å²) in [5, 5.41) is 8.52. The third kappa shape index (κ3) is 4.02. The number of pyridine rings is 1. The Bertz CT molecular complexity index is 464. The molecule has 1 heterocycles. The molecular weight excluding hydrogens is 282 g/mol. The Morgan fingerprint density at radius 1 is 1.50 bits per heavy atom. The Morgan fingerprint density at radius 2 is 2.11 bits per heavy atom. The number of rotatable bonds is 4. The van der Waals surface area contributed by atoms with E-state index in [0.717, 1.165) is 0 Å². The van der Waals surface area contributed by atoms with Gasteiger partial charge in [-0.25, -0.2) is 9.37 Å². The Balaban J connectivity index is 3.14. The summed E-state index contributed by atoms with van der Waals surface area (Å²) < 4.78 is 52.6. The normalized spacial score (nSPS) is 11.4. The Morgan fingerprint density at radius 3 is 2.56 bits per heavy atom. The van der Waals surface area contributed by atoms with Crippen molar-refractivity contribution in [3.8, 4) is 5.88 Å². The van der Waals surface area contributed by atoms with Crippen molar-refractivity contribution in [1.82, 2.24) is 4.98 Å². The van der Waals surface area contributed by atoms with Gasteiger partial charge in [-0.05, 0) is 0 Å². The fraction of sp³-hybridized carbons (Fsp3) is 0.333. The summed E-state index contributed by atoms with van der Waals surface area (Å²) in [4.78, 5) is 13.8. The highest BCUT2D eigenvalue weighted by atomic mass is 35.5. The number of carboxylic acids is 1. The molecule has 0 saturated carbocycles. The molecule has 0 spiro atoms. The summed E-state index contributed by atoms with van der Waals surface area (Å²) in [6.07, 6.45) is -5.75. The molecule has 1 N–H and O–H groups in total. The molecule has 4 nitrogen and oxygen atoms in total. The van der Waals surface area contributed by atoms with Crippen molar-refractivity contribution in [2.75, 3.05) is 0 Å². The Hall–Kier alpha value is -1.57. The van der Waals surface area contributed by atoms with Gasteiger partial charge in [0, 0.05) is 11.6 Å². The molecule has 0 atom stereocenters. The van der Waals surface area contributed by atoms with Crippen LogP contribution in [0.2, 0.25) is 0 Å². The van der Waals surface area contributed by atoms with Crippen LogP contribution in [0.15, 0.2) is 6.07 Å². The molecule has 0 aliphatic heterocycles. The van der Waals surface area contributed by atoms with Crippen molar-refractivity contribution in [2.45, 2.75) is 18.7 Å². The van der Waals surface area contributed by atoms with Crippen LogP contribution in [0.25, 0.3) is 0 Å². The molecule has 0 fully saturated rings. The predicted octanol–water partition coefficient (Wildman–Crippen LogP) is 2.49. The first kappa shape index (κ1) is 14.5. The summed E-state index contributed by atoms with van der Waals surface area (Å²) >= 11 is 5.37. The highest BCUT2D eigenvalue weighted by Crippen LogP contribution is 2.25. The van der Waals surface area contributed by atoms with Gasteiger partial charge in [-0.3, -0.25) is 4.79 Å². The number of carbonyl (C=O) groups is 1. The van der Waals surface area contributed by atoms with Gasteiger partial charge in [-0.15, -0.1) is 24.8 Å². The van der Waals surface area contributed by atoms with Crippen LogP contribution in [0.3, 0.4) is 0 Å². The van der Waals surface area contributed by atoms with Gasteiger partial charge in [0.1, 0.15) is 5.82 Å². The smallest absolute Gasteiger partial charge is 0.481 e. The first-order chi connectivity index (χ1) is 8.23. The van der Waals surface area contributed by atoms with Crippen molar-refractivity contribution in [1.29, 1.82) is 0 Å². The maximum absolute atomic E-state index is 13.4. The van der Waals surface area contributed by atoms with Crippen molar-refractivity contribution >= 4 is 17.6 Å². The second-order valence-electron chi connectivity index (χ2n) is 3.12. The largest absolute Gasteiger partial charge is 0.574 e. The van der Waals surface area contributed by atoms with Crippen molar-refractivity contribution in [3.05, 3.63) is 23.1 Å². The summed E-state index contributed by atoms with van der Waals surface area (Å²) in [6.45, 7) is 0. The number of ether oxygens (including phenoxy) is 1. The average molecular weight is 288 g/mol. The molecule has 100 valence electrons. The number of aromatic nitrogens is 1. The van der Waals surface area contributed by atoms with E-state index in [1.807, 2.05) is 0 Å². The highest BCUT2D eigenvalue weighted by molar-refractivity contribution is 6.17. The van der Waals surface area contributed by atoms with Crippen LogP contribution >= 0.6 is 11.6 Å². The standard InChI is InChI=1S/C9H6ClF4NO3/c10-3-6-4(1-8(16)17)5(11)2-7(15-6)18-9(12,13)14/h2H,1,3H2,(H,16,17). The molecule has 0 bridgehead atoms. The van der Waals surface area contributed by atoms with Crippen molar-refractivity contribution in [3.63, 3.8) is 0 Å². The predicted molar refractivity (Wildman–Crippen MR) is 51.8 cm³/mol. The Labute approximate surface area is 103 Å². The number of carboxylic acid groups (broad SMARTS) is 1. The quantitative estimate of drug-likeness (QED) is 0.683. The SMILES string of the molecule is O=C(O)Cc1c(F)cc(OC(F)(F)F)nc1CCl. The summed E-state index contributed by atoms with van der Waals surface area (Å²) in [6, 6.07) is 0.363. The molecule has 1 aromatic heterocycles. The summed E-state index contributed by atoms with van der Waals surface area (Å²) in [5.41, 5.74) is -0.676. The van der Waals surface area contributed by atoms with E-state index in [9.17, 15) is 22.4 Å². The minimum absolute atomic E-state index is 0.307. The monoisotopic (exact) mass is 287 g/mol. The lowest BCUT2D eigenvalue weighted by Gasteiger charge is -2.11. The summed E-state index contributed by atoms with van der Waals surface area (Å²) in [7, 11) is 0. The van der Waals surface area contributed by atoms with Gasteiger partial charge in [0.15, 0.2) is 0 Å². The van der Waals surface area contributed by atoms with Crippen LogP contribution in [-0.2, 0) is 17.1 Å². The van der Waals surface area contributed by atoms with Crippen LogP contribution in [0.4, 0.5) is 17.6 Å². The maximum Gasteiger partial charge on any atom is 0.574 e. The number of hydrogen-bond donors (Lipinski definition) is 1. The molecule has 0 amide bonds. The molecular formula is C9H6ClF4NO3. The van der Waals surface area contributed by atoms with Crippen molar-refractivity contribution in [2.24, 2.45) is 0 Å². The van der Waals surface area contributed by atoms with E-state index in [2.05, 4.69) is 9.72 Å². The number of alkyl halides is 4. The molecule has 1 aromatic rings. The van der Waals surface area contributed by atoms with E-state index in [1.54, 1.807) is 0 Å². The van der Waals surface area contributed by atoms with E-state index in [-0.39, 0.29) is 11.3 Å². The van der Waals surface area contributed by atoms with Gasteiger partial charge in [-0.1, -0.05) is 0 Å². The van der Waals surface area contributed by atoms with Gasteiger partial charge in [0.25, 0.3) is 0 Å². The number of halogens is 5. The fourth-order valence-corrected chi connectivity index (χ4v) is 1.41. The Kier molecular flexibility index (Phi) is 4.33. The zero-order chi connectivity index (χ0) is 13.9. The minimum atomic E-state index is -5.02. The lowest BCUT2D eigenvalue weighted by atomic mass is 10.1. The molecule has 0 aliphatic carbocycles. The highest BCUT2D eigenvalue weighted by Gasteiger charge is 2.32. The van der Waals surface area contributed by atoms with Gasteiger partial charge >= 0.3 is 12.3 Å². The first-order valence-electron chi connectivity index (χ1n) is 4.44. The average Bonchev–Trinajstić information content (AvgIpc) is 2.18. The van der Waals surface area contributed by atoms with E-state index in [0.29, 0.717) is 6.07 Å². The number of nitrogens with zero attached hydrogens (tertiary/aromatic N) is 1. The lowest BCUT2D eigenvalue weighted by molar-refractivity contribution is -0.276. The van der Waals surface area contributed by atoms with Gasteiger partial charge in [0.05, 0.1) is 18.0 Å². The first-order valence-corrected chi connectivity index (χ1v) is 4.98. The van der Waals surface area contributed by atoms with E-state index in [1.165, 1.54) is 0 Å². The zero-order valence-electron chi connectivity index (χ0n) is 8.59. The third-order valence-electron chi connectivity index (χ3n) is 1.81. The topological polar surface area (TPSA) is 59.4 Å². The van der Waals surface area contributed by atoms with Crippen LogP contribution in [0.1, 0.15) is 11.3 Å². The van der Waals surface area contributed by atoms with Gasteiger partial charge in [0.2, 0.25) is 5.88 Å². The van der Waals surface area contributed by atoms with Crippen molar-refractivity contribution < 1.29 is 32.2 Å². The third-order valence-corrected chi connectivity index (χ3v) is 2.06. The summed E-state index contributed by atoms with van der Waals surface area (Å²) in [5.74, 6) is -3.98. The molecule has 18 heavy (non-hydrogen) atoms. The molecule has 0 saturated heterocycles. The molecule has 9 heteroatoms. The molecule has 0 radical (unpaired) electrons. The van der Waals surface area contributed by atoms with Crippen LogP contribution in [0.5, 0.6) is 5.88 Å². The molecule has 0 aromatic carbocycles. The fourth-order valence-electron chi connectivity index (χ4n) is 1.19. The number of aliphatic carboxylic acids is 1. The lowest BCUT2D eigenvalue weighted by Crippen LogP contribution is -2.19. The number of hydrogen-bond acceptors (Lipinski definition) is 3.